The number of fused-ring (bicyclic) bond motifs is 1. The zero-order valence-corrected chi connectivity index (χ0v) is 15.2. The Morgan fingerprint density at radius 1 is 1.12 bits per heavy atom. The van der Waals surface area contributed by atoms with Crippen LogP contribution < -0.4 is 4.74 Å². The molecule has 0 bridgehead atoms. The molecule has 0 unspecified atom stereocenters. The van der Waals surface area contributed by atoms with Crippen LogP contribution in [0.3, 0.4) is 0 Å². The molecule has 0 spiro atoms. The molecule has 0 N–H and O–H groups in total. The van der Waals surface area contributed by atoms with E-state index in [1.165, 1.54) is 18.2 Å². The zero-order chi connectivity index (χ0) is 18.1. The highest BCUT2D eigenvalue weighted by atomic mass is 35.5. The molecule has 0 fully saturated rings. The third-order valence-electron chi connectivity index (χ3n) is 3.53. The summed E-state index contributed by atoms with van der Waals surface area (Å²) in [5, 5.41) is 0.211. The smallest absolute Gasteiger partial charge is 0.159 e. The van der Waals surface area contributed by atoms with E-state index in [4.69, 9.17) is 39.5 Å². The van der Waals surface area contributed by atoms with Gasteiger partial charge in [-0.1, -0.05) is 29.3 Å². The van der Waals surface area contributed by atoms with Crippen LogP contribution in [-0.4, -0.2) is 16.6 Å². The van der Waals surface area contributed by atoms with Crippen molar-refractivity contribution >= 4 is 45.7 Å². The Morgan fingerprint density at radius 3 is 2.56 bits per heavy atom. The highest BCUT2D eigenvalue weighted by molar-refractivity contribution is 6.37. The molecule has 25 heavy (non-hydrogen) atoms. The number of nitrogens with zero attached hydrogens (tertiary/aromatic N) is 2. The third kappa shape index (κ3) is 3.24. The van der Waals surface area contributed by atoms with E-state index in [1.807, 2.05) is 0 Å². The van der Waals surface area contributed by atoms with E-state index in [-0.39, 0.29) is 56.3 Å². The lowest BCUT2D eigenvalue weighted by atomic mass is 10.0. The average Bonchev–Trinajstić information content (AvgIpc) is 2.58. The molecule has 0 amide bonds. The first-order valence-corrected chi connectivity index (χ1v) is 8.58. The summed E-state index contributed by atoms with van der Waals surface area (Å²) >= 11 is 18.0. The maximum absolute atomic E-state index is 15.2. The molecule has 3 nitrogen and oxygen atoms in total. The Kier molecular flexibility index (Phi) is 5.27. The average molecular weight is 404 g/mol. The fraction of sp³-hybridized carbons (Fsp3) is 0.176. The molecule has 2 aromatic carbocycles. The first kappa shape index (κ1) is 18.1. The first-order chi connectivity index (χ1) is 12.0. The van der Waals surface area contributed by atoms with Gasteiger partial charge in [0, 0.05) is 10.9 Å². The van der Waals surface area contributed by atoms with Gasteiger partial charge in [0.05, 0.1) is 23.1 Å². The van der Waals surface area contributed by atoms with Crippen LogP contribution in [0.2, 0.25) is 10.2 Å². The van der Waals surface area contributed by atoms with E-state index in [0.29, 0.717) is 0 Å². The van der Waals surface area contributed by atoms with E-state index in [2.05, 4.69) is 9.97 Å². The van der Waals surface area contributed by atoms with Crippen molar-refractivity contribution in [2.45, 2.75) is 12.8 Å². The maximum Gasteiger partial charge on any atom is 0.159 e. The molecule has 0 saturated carbocycles. The van der Waals surface area contributed by atoms with Crippen molar-refractivity contribution in [3.63, 3.8) is 0 Å². The SMILES string of the molecule is CCOc1cccc(F)c1-c1c(Cl)cc2c(Cl)nc(CCl)nc2c1F. The summed E-state index contributed by atoms with van der Waals surface area (Å²) in [7, 11) is 0. The summed E-state index contributed by atoms with van der Waals surface area (Å²) in [5.41, 5.74) is -0.303. The first-order valence-electron chi connectivity index (χ1n) is 7.29. The van der Waals surface area contributed by atoms with Crippen LogP contribution in [0.1, 0.15) is 12.7 Å². The van der Waals surface area contributed by atoms with Gasteiger partial charge in [0.15, 0.2) is 5.82 Å². The Morgan fingerprint density at radius 2 is 1.88 bits per heavy atom. The highest BCUT2D eigenvalue weighted by Crippen LogP contribution is 2.42. The maximum atomic E-state index is 15.2. The van der Waals surface area contributed by atoms with Crippen molar-refractivity contribution in [1.82, 2.24) is 9.97 Å². The summed E-state index contributed by atoms with van der Waals surface area (Å²) in [6.45, 7) is 2.03. The molecule has 0 aliphatic heterocycles. The molecule has 130 valence electrons. The van der Waals surface area contributed by atoms with Crippen molar-refractivity contribution in [1.29, 1.82) is 0 Å². The lowest BCUT2D eigenvalue weighted by Crippen LogP contribution is -2.01. The minimum atomic E-state index is -0.816. The number of halogens is 5. The summed E-state index contributed by atoms with van der Waals surface area (Å²) in [6.07, 6.45) is 0. The molecular weight excluding hydrogens is 393 g/mol. The fourth-order valence-corrected chi connectivity index (χ4v) is 3.16. The van der Waals surface area contributed by atoms with Crippen LogP contribution in [0.4, 0.5) is 8.78 Å². The summed E-state index contributed by atoms with van der Waals surface area (Å²) in [5.74, 6) is -1.19. The number of hydrogen-bond acceptors (Lipinski definition) is 3. The second-order valence-corrected chi connectivity index (χ2v) is 6.09. The van der Waals surface area contributed by atoms with Gasteiger partial charge >= 0.3 is 0 Å². The minimum Gasteiger partial charge on any atom is -0.493 e. The molecule has 3 aromatic rings. The number of aromatic nitrogens is 2. The molecular formula is C17H11Cl3F2N2O. The molecule has 0 saturated heterocycles. The molecule has 3 rings (SSSR count). The zero-order valence-electron chi connectivity index (χ0n) is 12.9. The van der Waals surface area contributed by atoms with Crippen molar-refractivity contribution in [3.05, 3.63) is 51.9 Å². The van der Waals surface area contributed by atoms with E-state index in [1.54, 1.807) is 13.0 Å². The third-order valence-corrected chi connectivity index (χ3v) is 4.35. The van der Waals surface area contributed by atoms with Gasteiger partial charge in [0.1, 0.15) is 28.1 Å². The topological polar surface area (TPSA) is 35.0 Å². The van der Waals surface area contributed by atoms with Crippen LogP contribution in [0, 0.1) is 11.6 Å². The Balaban J connectivity index is 2.39. The Hall–Kier alpha value is -1.69. The van der Waals surface area contributed by atoms with Gasteiger partial charge in [-0.25, -0.2) is 18.7 Å². The van der Waals surface area contributed by atoms with Crippen molar-refractivity contribution in [2.24, 2.45) is 0 Å². The van der Waals surface area contributed by atoms with Gasteiger partial charge in [-0.15, -0.1) is 11.6 Å². The number of rotatable bonds is 4. The molecule has 1 aromatic heterocycles. The van der Waals surface area contributed by atoms with Crippen molar-refractivity contribution in [2.75, 3.05) is 6.61 Å². The van der Waals surface area contributed by atoms with Crippen LogP contribution >= 0.6 is 34.8 Å². The summed E-state index contributed by atoms with van der Waals surface area (Å²) < 4.78 is 35.1. The van der Waals surface area contributed by atoms with E-state index >= 15 is 4.39 Å². The fourth-order valence-electron chi connectivity index (χ4n) is 2.51. The normalized spacial score (nSPS) is 11.1. The van der Waals surface area contributed by atoms with Gasteiger partial charge < -0.3 is 4.74 Å². The van der Waals surface area contributed by atoms with Crippen LogP contribution in [0.5, 0.6) is 5.75 Å². The number of hydrogen-bond donors (Lipinski definition) is 0. The van der Waals surface area contributed by atoms with Crippen LogP contribution in [0.25, 0.3) is 22.0 Å². The predicted molar refractivity (Wildman–Crippen MR) is 95.6 cm³/mol. The molecule has 0 aliphatic carbocycles. The van der Waals surface area contributed by atoms with Gasteiger partial charge in [-0.2, -0.15) is 0 Å². The monoisotopic (exact) mass is 402 g/mol. The molecule has 0 radical (unpaired) electrons. The Labute approximate surface area is 157 Å². The predicted octanol–water partition coefficient (Wildman–Crippen LogP) is 6.02. The standard InChI is InChI=1S/C17H11Cl3F2N2O/c1-2-25-11-5-3-4-10(21)14(11)13-9(19)6-8-16(15(13)22)23-12(7-18)24-17(8)20/h3-6H,2,7H2,1H3. The van der Waals surface area contributed by atoms with E-state index in [0.717, 1.165) is 0 Å². The van der Waals surface area contributed by atoms with Gasteiger partial charge in [0.2, 0.25) is 0 Å². The number of ether oxygens (including phenoxy) is 1. The molecule has 0 aliphatic rings. The molecule has 8 heteroatoms. The second-order valence-electron chi connectivity index (χ2n) is 5.05. The summed E-state index contributed by atoms with van der Waals surface area (Å²) in [6, 6.07) is 5.62. The lowest BCUT2D eigenvalue weighted by molar-refractivity contribution is 0.340. The van der Waals surface area contributed by atoms with Crippen molar-refractivity contribution in [3.8, 4) is 16.9 Å². The van der Waals surface area contributed by atoms with E-state index in [9.17, 15) is 4.39 Å². The van der Waals surface area contributed by atoms with E-state index < -0.39 is 11.6 Å². The Bertz CT molecular complexity index is 967. The minimum absolute atomic E-state index is 0.0200. The number of benzene rings is 2. The van der Waals surface area contributed by atoms with Gasteiger partial charge in [-0.3, -0.25) is 0 Å². The van der Waals surface area contributed by atoms with Crippen molar-refractivity contribution < 1.29 is 13.5 Å². The molecule has 1 heterocycles. The quantitative estimate of drug-likeness (QED) is 0.395. The molecule has 0 atom stereocenters. The highest BCUT2D eigenvalue weighted by Gasteiger charge is 2.23. The van der Waals surface area contributed by atoms with Crippen LogP contribution in [-0.2, 0) is 5.88 Å². The van der Waals surface area contributed by atoms with Gasteiger partial charge in [0.25, 0.3) is 0 Å². The largest absolute Gasteiger partial charge is 0.493 e. The van der Waals surface area contributed by atoms with Crippen LogP contribution in [0.15, 0.2) is 24.3 Å². The lowest BCUT2D eigenvalue weighted by Gasteiger charge is -2.15. The summed E-state index contributed by atoms with van der Waals surface area (Å²) in [4.78, 5) is 8.03. The number of alkyl halides is 1. The second kappa shape index (κ2) is 7.28. The van der Waals surface area contributed by atoms with Gasteiger partial charge in [-0.05, 0) is 25.1 Å².